The Bertz CT molecular complexity index is 534. The minimum atomic E-state index is -0.374. The number of rotatable bonds is 4. The number of benzene rings is 1. The second-order valence-corrected chi connectivity index (χ2v) is 4.63. The van der Waals surface area contributed by atoms with E-state index in [2.05, 4.69) is 21.2 Å². The molecular weight excluding hydrogens is 312 g/mol. The molecule has 0 atom stereocenters. The Morgan fingerprint density at radius 1 is 1.11 bits per heavy atom. The normalized spacial score (nSPS) is 14.1. The first kappa shape index (κ1) is 13.5. The maximum absolute atomic E-state index is 11.7. The third kappa shape index (κ3) is 2.90. The molecule has 6 heteroatoms. The quantitative estimate of drug-likeness (QED) is 0.670. The van der Waals surface area contributed by atoms with Gasteiger partial charge in [-0.2, -0.15) is 0 Å². The monoisotopic (exact) mass is 322 g/mol. The zero-order chi connectivity index (χ0) is 13.8. The summed E-state index contributed by atoms with van der Waals surface area (Å²) < 4.78 is 0. The number of hydrogen-bond donors (Lipinski definition) is 1. The largest absolute Gasteiger partial charge is 0.351 e. The summed E-state index contributed by atoms with van der Waals surface area (Å²) in [7, 11) is 0. The first-order valence-electron chi connectivity index (χ1n) is 5.64. The van der Waals surface area contributed by atoms with Crippen LogP contribution in [0.4, 0.5) is 5.69 Å². The number of halogens is 1. The first-order valence-corrected chi connectivity index (χ1v) is 6.76. The fourth-order valence-corrected chi connectivity index (χ4v) is 1.88. The van der Waals surface area contributed by atoms with Crippen LogP contribution in [0.3, 0.4) is 0 Å². The highest BCUT2D eigenvalue weighted by Crippen LogP contribution is 2.19. The van der Waals surface area contributed by atoms with Crippen molar-refractivity contribution in [1.82, 2.24) is 5.32 Å². The summed E-state index contributed by atoms with van der Waals surface area (Å²) in [5.74, 6) is -0.939. The zero-order valence-electron chi connectivity index (χ0n) is 9.93. The van der Waals surface area contributed by atoms with Crippen molar-refractivity contribution in [3.8, 4) is 0 Å². The molecule has 0 aliphatic carbocycles. The highest BCUT2D eigenvalue weighted by molar-refractivity contribution is 9.09. The molecule has 1 heterocycles. The Kier molecular flexibility index (Phi) is 4.11. The van der Waals surface area contributed by atoms with Crippen LogP contribution in [-0.4, -0.2) is 29.6 Å². The van der Waals surface area contributed by atoms with Crippen LogP contribution in [0, 0.1) is 0 Å². The molecule has 98 valence electrons. The number of alkyl halides is 1. The van der Waals surface area contributed by atoms with Crippen molar-refractivity contribution >= 4 is 39.3 Å². The number of anilines is 1. The molecule has 0 radical (unpaired) electrons. The van der Waals surface area contributed by atoms with Gasteiger partial charge in [0.1, 0.15) is 0 Å². The lowest BCUT2D eigenvalue weighted by molar-refractivity contribution is -0.119. The highest BCUT2D eigenvalue weighted by Gasteiger charge is 2.24. The number of amides is 3. The van der Waals surface area contributed by atoms with Crippen molar-refractivity contribution in [2.75, 3.05) is 16.8 Å². The number of hydrogen-bond acceptors (Lipinski definition) is 3. The number of nitrogens with zero attached hydrogens (tertiary/aromatic N) is 1. The number of imide groups is 1. The van der Waals surface area contributed by atoms with Gasteiger partial charge in [-0.05, 0) is 24.3 Å². The van der Waals surface area contributed by atoms with Gasteiger partial charge < -0.3 is 5.32 Å². The molecule has 1 aliphatic heterocycles. The van der Waals surface area contributed by atoms with Crippen LogP contribution in [-0.2, 0) is 9.59 Å². The Morgan fingerprint density at radius 3 is 2.21 bits per heavy atom. The predicted molar refractivity (Wildman–Crippen MR) is 74.2 cm³/mol. The van der Waals surface area contributed by atoms with Crippen LogP contribution >= 0.6 is 15.9 Å². The van der Waals surface area contributed by atoms with Crippen LogP contribution in [0.5, 0.6) is 0 Å². The van der Waals surface area contributed by atoms with Crippen molar-refractivity contribution in [1.29, 1.82) is 0 Å². The fourth-order valence-electron chi connectivity index (χ4n) is 1.68. The van der Waals surface area contributed by atoms with Gasteiger partial charge in [-0.15, -0.1) is 0 Å². The second-order valence-electron chi connectivity index (χ2n) is 3.84. The van der Waals surface area contributed by atoms with Gasteiger partial charge in [0.05, 0.1) is 5.69 Å². The fraction of sp³-hybridized carbons (Fsp3) is 0.154. The molecular formula is C13H11BrN2O3. The Labute approximate surface area is 118 Å². The van der Waals surface area contributed by atoms with Crippen molar-refractivity contribution in [2.24, 2.45) is 0 Å². The molecule has 1 N–H and O–H groups in total. The van der Waals surface area contributed by atoms with Crippen molar-refractivity contribution < 1.29 is 14.4 Å². The van der Waals surface area contributed by atoms with E-state index in [-0.39, 0.29) is 17.7 Å². The van der Waals surface area contributed by atoms with E-state index >= 15 is 0 Å². The van der Waals surface area contributed by atoms with E-state index in [4.69, 9.17) is 0 Å². The van der Waals surface area contributed by atoms with Gasteiger partial charge in [-0.1, -0.05) is 15.9 Å². The molecule has 0 aromatic heterocycles. The van der Waals surface area contributed by atoms with Gasteiger partial charge in [0.25, 0.3) is 17.7 Å². The molecule has 0 fully saturated rings. The maximum Gasteiger partial charge on any atom is 0.258 e. The lowest BCUT2D eigenvalue weighted by Gasteiger charge is -2.14. The minimum absolute atomic E-state index is 0.191. The van der Waals surface area contributed by atoms with Crippen molar-refractivity contribution in [3.63, 3.8) is 0 Å². The molecule has 19 heavy (non-hydrogen) atoms. The van der Waals surface area contributed by atoms with Gasteiger partial charge in [-0.25, -0.2) is 4.90 Å². The van der Waals surface area contributed by atoms with E-state index in [0.717, 1.165) is 4.90 Å². The van der Waals surface area contributed by atoms with Crippen LogP contribution in [0.1, 0.15) is 10.4 Å². The van der Waals surface area contributed by atoms with Crippen LogP contribution in [0.2, 0.25) is 0 Å². The first-order chi connectivity index (χ1) is 9.13. The van der Waals surface area contributed by atoms with Crippen LogP contribution < -0.4 is 10.2 Å². The topological polar surface area (TPSA) is 66.5 Å². The van der Waals surface area contributed by atoms with Gasteiger partial charge in [0.2, 0.25) is 0 Å². The van der Waals surface area contributed by atoms with Gasteiger partial charge in [0, 0.05) is 29.6 Å². The SMILES string of the molecule is O=C(NCCBr)c1ccc(N2C(=O)C=CC2=O)cc1. The smallest absolute Gasteiger partial charge is 0.258 e. The summed E-state index contributed by atoms with van der Waals surface area (Å²) in [6.07, 6.45) is 2.44. The molecule has 0 unspecified atom stereocenters. The summed E-state index contributed by atoms with van der Waals surface area (Å²) in [5.41, 5.74) is 0.939. The molecule has 5 nitrogen and oxygen atoms in total. The lowest BCUT2D eigenvalue weighted by Crippen LogP contribution is -2.29. The van der Waals surface area contributed by atoms with E-state index in [1.165, 1.54) is 12.2 Å². The van der Waals surface area contributed by atoms with Gasteiger partial charge >= 0.3 is 0 Å². The Balaban J connectivity index is 2.13. The second kappa shape index (κ2) is 5.79. The van der Waals surface area contributed by atoms with E-state index < -0.39 is 0 Å². The van der Waals surface area contributed by atoms with Crippen LogP contribution in [0.25, 0.3) is 0 Å². The minimum Gasteiger partial charge on any atom is -0.351 e. The van der Waals surface area contributed by atoms with Crippen LogP contribution in [0.15, 0.2) is 36.4 Å². The van der Waals surface area contributed by atoms with E-state index in [0.29, 0.717) is 23.1 Å². The summed E-state index contributed by atoms with van der Waals surface area (Å²) >= 11 is 3.22. The van der Waals surface area contributed by atoms with Gasteiger partial charge in [-0.3, -0.25) is 14.4 Å². The third-order valence-corrected chi connectivity index (χ3v) is 2.97. The van der Waals surface area contributed by atoms with Crippen molar-refractivity contribution in [2.45, 2.75) is 0 Å². The van der Waals surface area contributed by atoms with E-state index in [1.807, 2.05) is 0 Å². The van der Waals surface area contributed by atoms with Crippen molar-refractivity contribution in [3.05, 3.63) is 42.0 Å². The molecule has 0 spiro atoms. The average molecular weight is 323 g/mol. The predicted octanol–water partition coefficient (Wildman–Crippen LogP) is 1.24. The Hall–Kier alpha value is -1.95. The lowest BCUT2D eigenvalue weighted by atomic mass is 10.2. The summed E-state index contributed by atoms with van der Waals surface area (Å²) in [6, 6.07) is 6.31. The third-order valence-electron chi connectivity index (χ3n) is 2.58. The maximum atomic E-state index is 11.7. The molecule has 2 rings (SSSR count). The number of nitrogens with one attached hydrogen (secondary N) is 1. The van der Waals surface area contributed by atoms with E-state index in [9.17, 15) is 14.4 Å². The molecule has 1 aromatic rings. The van der Waals surface area contributed by atoms with E-state index in [1.54, 1.807) is 24.3 Å². The summed E-state index contributed by atoms with van der Waals surface area (Å²) in [4.78, 5) is 35.7. The zero-order valence-corrected chi connectivity index (χ0v) is 11.5. The molecule has 1 aliphatic rings. The standard InChI is InChI=1S/C13H11BrN2O3/c14-7-8-15-13(19)9-1-3-10(4-2-9)16-11(17)5-6-12(16)18/h1-6H,7-8H2,(H,15,19). The number of carbonyl (C=O) groups excluding carboxylic acids is 3. The molecule has 0 bridgehead atoms. The molecule has 1 aromatic carbocycles. The molecule has 0 saturated heterocycles. The summed E-state index contributed by atoms with van der Waals surface area (Å²) in [5, 5.41) is 3.39. The summed E-state index contributed by atoms with van der Waals surface area (Å²) in [6.45, 7) is 0.535. The molecule has 0 saturated carbocycles. The molecule has 3 amide bonds. The average Bonchev–Trinajstić information content (AvgIpc) is 2.76. The Morgan fingerprint density at radius 2 is 1.68 bits per heavy atom. The van der Waals surface area contributed by atoms with Gasteiger partial charge in [0.15, 0.2) is 0 Å². The highest BCUT2D eigenvalue weighted by atomic mass is 79.9. The number of carbonyl (C=O) groups is 3.